The second kappa shape index (κ2) is 8.78. The first-order valence-corrected chi connectivity index (χ1v) is 9.39. The number of hydrogen-bond donors (Lipinski definition) is 2. The third-order valence-corrected chi connectivity index (χ3v) is 4.35. The van der Waals surface area contributed by atoms with Crippen LogP contribution in [0.15, 0.2) is 65.9 Å². The van der Waals surface area contributed by atoms with Gasteiger partial charge in [0.2, 0.25) is 0 Å². The van der Waals surface area contributed by atoms with Crippen LogP contribution in [0.4, 0.5) is 16.2 Å². The lowest BCUT2D eigenvalue weighted by molar-refractivity contribution is 0.130. The third kappa shape index (κ3) is 5.38. The fourth-order valence-electron chi connectivity index (χ4n) is 2.88. The van der Waals surface area contributed by atoms with Gasteiger partial charge in [-0.3, -0.25) is 5.32 Å². The van der Waals surface area contributed by atoms with Crippen LogP contribution in [0.25, 0.3) is 6.08 Å². The summed E-state index contributed by atoms with van der Waals surface area (Å²) >= 11 is 5.97. The fraction of sp³-hybridized carbons (Fsp3) is 0.227. The third-order valence-electron chi connectivity index (χ3n) is 4.09. The second-order valence-corrected chi connectivity index (χ2v) is 7.06. The number of amides is 1. The lowest BCUT2D eigenvalue weighted by Crippen LogP contribution is -2.18. The summed E-state index contributed by atoms with van der Waals surface area (Å²) in [5.74, 6) is 0. The monoisotopic (exact) mass is 382 g/mol. The molecule has 0 saturated carbocycles. The topological polar surface area (TPSA) is 50.4 Å². The molecule has 2 N–H and O–H groups in total. The average molecular weight is 383 g/mol. The van der Waals surface area contributed by atoms with E-state index in [-0.39, 0.29) is 6.10 Å². The maximum atomic E-state index is 11.9. The molecule has 0 aromatic heterocycles. The molecule has 27 heavy (non-hydrogen) atoms. The van der Waals surface area contributed by atoms with Crippen molar-refractivity contribution in [1.29, 1.82) is 0 Å². The van der Waals surface area contributed by atoms with Crippen molar-refractivity contribution in [3.63, 3.8) is 0 Å². The van der Waals surface area contributed by atoms with Crippen LogP contribution in [0, 0.1) is 0 Å². The maximum absolute atomic E-state index is 11.9. The highest BCUT2D eigenvalue weighted by Gasteiger charge is 2.15. The molecule has 140 valence electrons. The van der Waals surface area contributed by atoms with Gasteiger partial charge in [0.25, 0.3) is 0 Å². The van der Waals surface area contributed by atoms with Crippen molar-refractivity contribution in [2.45, 2.75) is 32.8 Å². The van der Waals surface area contributed by atoms with Crippen LogP contribution in [0.1, 0.15) is 32.3 Å². The van der Waals surface area contributed by atoms with Gasteiger partial charge < -0.3 is 10.1 Å². The number of benzene rings is 2. The zero-order valence-corrected chi connectivity index (χ0v) is 16.2. The molecule has 4 nitrogen and oxygen atoms in total. The number of nitrogens with one attached hydrogen (secondary N) is 2. The van der Waals surface area contributed by atoms with E-state index in [0.29, 0.717) is 5.69 Å². The molecule has 0 bridgehead atoms. The lowest BCUT2D eigenvalue weighted by Gasteiger charge is -2.16. The molecule has 1 aliphatic carbocycles. The van der Waals surface area contributed by atoms with Gasteiger partial charge in [-0.15, -0.1) is 0 Å². The van der Waals surface area contributed by atoms with E-state index in [1.807, 2.05) is 62.4 Å². The number of hydrogen-bond acceptors (Lipinski definition) is 3. The lowest BCUT2D eigenvalue weighted by atomic mass is 10.1. The van der Waals surface area contributed by atoms with Crippen molar-refractivity contribution in [3.05, 3.63) is 76.5 Å². The highest BCUT2D eigenvalue weighted by molar-refractivity contribution is 6.30. The summed E-state index contributed by atoms with van der Waals surface area (Å²) in [6.07, 6.45) is 5.65. The molecule has 0 radical (unpaired) electrons. The average Bonchev–Trinajstić information content (AvgIpc) is 3.05. The quantitative estimate of drug-likeness (QED) is 0.623. The van der Waals surface area contributed by atoms with Crippen LogP contribution in [0.5, 0.6) is 0 Å². The normalized spacial score (nSPS) is 15.0. The van der Waals surface area contributed by atoms with E-state index in [9.17, 15) is 4.79 Å². The minimum Gasteiger partial charge on any atom is -0.447 e. The summed E-state index contributed by atoms with van der Waals surface area (Å²) in [5.41, 5.74) is 4.89. The van der Waals surface area contributed by atoms with Gasteiger partial charge in [-0.25, -0.2) is 4.79 Å². The Kier molecular flexibility index (Phi) is 6.20. The maximum Gasteiger partial charge on any atom is 0.411 e. The van der Waals surface area contributed by atoms with Crippen molar-refractivity contribution >= 4 is 35.1 Å². The Bertz CT molecular complexity index is 870. The number of carbonyl (C=O) groups is 1. The molecule has 1 aliphatic rings. The minimum atomic E-state index is -0.461. The molecule has 0 spiro atoms. The Balaban J connectivity index is 1.76. The molecule has 0 saturated heterocycles. The predicted molar refractivity (Wildman–Crippen MR) is 112 cm³/mol. The fourth-order valence-corrected chi connectivity index (χ4v) is 3.00. The summed E-state index contributed by atoms with van der Waals surface area (Å²) in [4.78, 5) is 11.9. The van der Waals surface area contributed by atoms with Gasteiger partial charge >= 0.3 is 6.09 Å². The van der Waals surface area contributed by atoms with Crippen LogP contribution < -0.4 is 10.6 Å². The van der Waals surface area contributed by atoms with E-state index in [1.54, 1.807) is 0 Å². The van der Waals surface area contributed by atoms with Crippen LogP contribution in [-0.4, -0.2) is 12.2 Å². The number of carbonyl (C=O) groups excluding carboxylic acids is 1. The number of ether oxygens (including phenoxy) is 1. The van der Waals surface area contributed by atoms with E-state index < -0.39 is 6.09 Å². The van der Waals surface area contributed by atoms with Gasteiger partial charge in [-0.1, -0.05) is 41.9 Å². The van der Waals surface area contributed by atoms with Crippen molar-refractivity contribution in [2.24, 2.45) is 0 Å². The molecule has 5 heteroatoms. The smallest absolute Gasteiger partial charge is 0.411 e. The van der Waals surface area contributed by atoms with Gasteiger partial charge in [0.15, 0.2) is 0 Å². The molecular formula is C22H23ClN2O2. The number of rotatable bonds is 5. The highest BCUT2D eigenvalue weighted by atomic mass is 35.5. The Morgan fingerprint density at radius 3 is 2.52 bits per heavy atom. The number of allylic oxidation sites excluding steroid dienone is 2. The van der Waals surface area contributed by atoms with Gasteiger partial charge in [0, 0.05) is 10.7 Å². The summed E-state index contributed by atoms with van der Waals surface area (Å²) in [6, 6.07) is 15.4. The highest BCUT2D eigenvalue weighted by Crippen LogP contribution is 2.31. The molecule has 3 rings (SSSR count). The molecule has 0 fully saturated rings. The summed E-state index contributed by atoms with van der Waals surface area (Å²) in [5, 5.41) is 6.98. The standard InChI is InChI=1S/C22H23ClN2O2/c1-15(2)27-22(26)25-21-8-4-3-7-20(21)24-19-9-5-6-17(19)14-16-10-12-18(23)13-11-16/h3-4,7-15,24H,5-6H2,1-2H3,(H,25,26)/b17-14-. The first-order chi connectivity index (χ1) is 13.0. The number of anilines is 2. The molecule has 0 atom stereocenters. The van der Waals surface area contributed by atoms with Crippen LogP contribution in [-0.2, 0) is 4.74 Å². The van der Waals surface area contributed by atoms with Gasteiger partial charge in [-0.05, 0) is 68.2 Å². The SMILES string of the molecule is CC(C)OC(=O)Nc1ccccc1NC1=CCC/C1=C/c1ccc(Cl)cc1. The Labute approximate surface area is 164 Å². The second-order valence-electron chi connectivity index (χ2n) is 6.63. The number of halogens is 1. The Hall–Kier alpha value is -2.72. The van der Waals surface area contributed by atoms with Crippen molar-refractivity contribution in [2.75, 3.05) is 10.6 Å². The molecule has 0 unspecified atom stereocenters. The van der Waals surface area contributed by atoms with Gasteiger partial charge in [0.05, 0.1) is 17.5 Å². The first kappa shape index (κ1) is 19.1. The molecule has 1 amide bonds. The van der Waals surface area contributed by atoms with Crippen LogP contribution in [0.2, 0.25) is 5.02 Å². The molecule has 2 aromatic rings. The van der Waals surface area contributed by atoms with Crippen molar-refractivity contribution in [3.8, 4) is 0 Å². The van der Waals surface area contributed by atoms with Gasteiger partial charge in [-0.2, -0.15) is 0 Å². The molecule has 0 heterocycles. The number of para-hydroxylation sites is 2. The summed E-state index contributed by atoms with van der Waals surface area (Å²) in [7, 11) is 0. The minimum absolute atomic E-state index is 0.170. The van der Waals surface area contributed by atoms with Gasteiger partial charge in [0.1, 0.15) is 0 Å². The first-order valence-electron chi connectivity index (χ1n) is 9.01. The van der Waals surface area contributed by atoms with E-state index in [4.69, 9.17) is 16.3 Å². The largest absolute Gasteiger partial charge is 0.447 e. The zero-order valence-electron chi connectivity index (χ0n) is 15.5. The summed E-state index contributed by atoms with van der Waals surface area (Å²) < 4.78 is 5.17. The Morgan fingerprint density at radius 1 is 1.11 bits per heavy atom. The van der Waals surface area contributed by atoms with Crippen LogP contribution >= 0.6 is 11.6 Å². The molecular weight excluding hydrogens is 360 g/mol. The summed E-state index contributed by atoms with van der Waals surface area (Å²) in [6.45, 7) is 3.64. The predicted octanol–water partition coefficient (Wildman–Crippen LogP) is 6.47. The van der Waals surface area contributed by atoms with Crippen LogP contribution in [0.3, 0.4) is 0 Å². The Morgan fingerprint density at radius 2 is 1.81 bits per heavy atom. The van der Waals surface area contributed by atoms with E-state index >= 15 is 0 Å². The van der Waals surface area contributed by atoms with Crippen molar-refractivity contribution in [1.82, 2.24) is 0 Å². The zero-order chi connectivity index (χ0) is 19.2. The van der Waals surface area contributed by atoms with E-state index in [1.165, 1.54) is 5.57 Å². The molecule has 2 aromatic carbocycles. The van der Waals surface area contributed by atoms with E-state index in [2.05, 4.69) is 22.8 Å². The van der Waals surface area contributed by atoms with Crippen molar-refractivity contribution < 1.29 is 9.53 Å². The van der Waals surface area contributed by atoms with E-state index in [0.717, 1.165) is 34.8 Å². The molecule has 0 aliphatic heterocycles.